The van der Waals surface area contributed by atoms with Crippen LogP contribution in [0.3, 0.4) is 0 Å². The van der Waals surface area contributed by atoms with Gasteiger partial charge in [-0.05, 0) is 93.6 Å². The zero-order chi connectivity index (χ0) is 44.9. The lowest BCUT2D eigenvalue weighted by Crippen LogP contribution is -2.51. The van der Waals surface area contributed by atoms with Crippen LogP contribution in [-0.2, 0) is 24.8 Å². The Kier molecular flexibility index (Phi) is 17.2. The molecule has 6 rings (SSSR count). The van der Waals surface area contributed by atoms with E-state index in [2.05, 4.69) is 5.32 Å². The average molecular weight is 987 g/mol. The Hall–Kier alpha value is -4.04. The third-order valence-corrected chi connectivity index (χ3v) is 14.3. The molecular formula is C41H45Cl5N8O6S2. The molecule has 4 aromatic rings. The van der Waals surface area contributed by atoms with Gasteiger partial charge in [-0.15, -0.1) is 12.4 Å². The van der Waals surface area contributed by atoms with Crippen molar-refractivity contribution in [2.75, 3.05) is 76.3 Å². The number of sulfonamides is 2. The first-order valence-corrected chi connectivity index (χ1v) is 23.2. The van der Waals surface area contributed by atoms with Crippen LogP contribution in [0.25, 0.3) is 0 Å². The van der Waals surface area contributed by atoms with Crippen LogP contribution in [0.2, 0.25) is 20.1 Å². The van der Waals surface area contributed by atoms with Crippen LogP contribution in [0.15, 0.2) is 82.6 Å². The Bertz CT molecular complexity index is 2550. The molecule has 0 radical (unpaired) electrons. The molecule has 0 aliphatic carbocycles. The Labute approximate surface area is 389 Å². The van der Waals surface area contributed by atoms with Crippen molar-refractivity contribution >= 4 is 108 Å². The second-order valence-corrected chi connectivity index (χ2v) is 20.5. The first-order chi connectivity index (χ1) is 28.6. The molecule has 2 fully saturated rings. The van der Waals surface area contributed by atoms with E-state index >= 15 is 0 Å². The van der Waals surface area contributed by atoms with Gasteiger partial charge in [0.1, 0.15) is 15.4 Å². The Morgan fingerprint density at radius 1 is 0.645 bits per heavy atom. The summed E-state index contributed by atoms with van der Waals surface area (Å²) in [5.41, 5.74) is 1.91. The fourth-order valence-electron chi connectivity index (χ4n) is 6.48. The molecule has 4 aromatic carbocycles. The summed E-state index contributed by atoms with van der Waals surface area (Å²) >= 11 is 24.5. The number of nitrogens with one attached hydrogen (secondary N) is 1. The van der Waals surface area contributed by atoms with Crippen molar-refractivity contribution in [2.45, 2.75) is 36.2 Å². The van der Waals surface area contributed by atoms with Gasteiger partial charge in [-0.3, -0.25) is 0 Å². The number of benzene rings is 4. The topological polar surface area (TPSA) is 170 Å². The minimum absolute atomic E-state index is 0. The van der Waals surface area contributed by atoms with Crippen molar-refractivity contribution < 1.29 is 26.4 Å². The maximum atomic E-state index is 13.7. The Morgan fingerprint density at radius 3 is 1.37 bits per heavy atom. The molecule has 0 unspecified atom stereocenters. The second kappa shape index (κ2) is 21.1. The summed E-state index contributed by atoms with van der Waals surface area (Å²) in [4.78, 5) is 17.3. The van der Waals surface area contributed by atoms with E-state index in [9.17, 15) is 32.2 Å². The molecule has 21 heteroatoms. The van der Waals surface area contributed by atoms with Gasteiger partial charge in [0.05, 0.1) is 34.6 Å². The third-order valence-electron chi connectivity index (χ3n) is 9.57. The van der Waals surface area contributed by atoms with Crippen molar-refractivity contribution in [1.82, 2.24) is 18.8 Å². The van der Waals surface area contributed by atoms with Gasteiger partial charge in [0.2, 0.25) is 20.0 Å². The molecule has 2 aliphatic rings. The van der Waals surface area contributed by atoms with Crippen LogP contribution in [0, 0.1) is 22.7 Å². The lowest BCUT2D eigenvalue weighted by atomic mass is 10.2. The first-order valence-electron chi connectivity index (χ1n) is 18.8. The fourth-order valence-corrected chi connectivity index (χ4v) is 10.9. The molecule has 2 heterocycles. The summed E-state index contributed by atoms with van der Waals surface area (Å²) in [6, 6.07) is 23.1. The van der Waals surface area contributed by atoms with Gasteiger partial charge in [-0.2, -0.15) is 19.1 Å². The third kappa shape index (κ3) is 12.4. The standard InChI is InChI=1S/C23H26Cl2N4O4S.C18H18Cl2N4O2S.ClH/c1-23(2,3)33-22(30)28-7-9-29(10-8-28)34(31,32)21-11-16(15-26)5-6-20(21)27(4)19-13-17(24)12-18(25)14-19;1-23(16-10-14(19)9-15(20)11-16)17-3-2-13(12-21)8-18(17)27(25,26)24-6-4-22-5-7-24;/h5-6,11-14H,7-10H2,1-4H3;2-3,8-11,22H,4-7H2,1H3;1H. The lowest BCUT2D eigenvalue weighted by molar-refractivity contribution is 0.0192. The van der Waals surface area contributed by atoms with E-state index in [1.165, 1.54) is 25.6 Å². The molecule has 2 aliphatic heterocycles. The highest BCUT2D eigenvalue weighted by Crippen LogP contribution is 2.37. The van der Waals surface area contributed by atoms with Crippen LogP contribution >= 0.6 is 58.8 Å². The van der Waals surface area contributed by atoms with E-state index in [1.54, 1.807) is 105 Å². The van der Waals surface area contributed by atoms with Gasteiger partial charge in [0.15, 0.2) is 0 Å². The highest BCUT2D eigenvalue weighted by atomic mass is 35.5. The molecule has 1 N–H and O–H groups in total. The molecule has 1 amide bonds. The molecule has 0 bridgehead atoms. The maximum absolute atomic E-state index is 13.7. The van der Waals surface area contributed by atoms with Crippen LogP contribution in [-0.4, -0.2) is 108 Å². The zero-order valence-electron chi connectivity index (χ0n) is 34.4. The fraction of sp³-hybridized carbons (Fsp3) is 0.341. The summed E-state index contributed by atoms with van der Waals surface area (Å²) in [6.45, 7) is 7.86. The van der Waals surface area contributed by atoms with Gasteiger partial charge < -0.3 is 24.8 Å². The minimum Gasteiger partial charge on any atom is -0.444 e. The molecule has 14 nitrogen and oxygen atoms in total. The summed E-state index contributed by atoms with van der Waals surface area (Å²) in [5.74, 6) is 0. The molecule has 332 valence electrons. The van der Waals surface area contributed by atoms with Crippen LogP contribution < -0.4 is 15.1 Å². The Morgan fingerprint density at radius 2 is 1.02 bits per heavy atom. The number of carbonyl (C=O) groups is 1. The zero-order valence-corrected chi connectivity index (χ0v) is 39.9. The number of hydrogen-bond acceptors (Lipinski definition) is 11. The number of amides is 1. The second-order valence-electron chi connectivity index (χ2n) is 15.0. The summed E-state index contributed by atoms with van der Waals surface area (Å²) in [6.07, 6.45) is -0.478. The number of rotatable bonds is 8. The SMILES string of the molecule is CN(c1cc(Cl)cc(Cl)c1)c1ccc(C#N)cc1S(=O)(=O)N1CCN(C(=O)OC(C)(C)C)CC1.CN(c1cc(Cl)cc(Cl)c1)c1ccc(C#N)cc1S(=O)(=O)N1CCNCC1.Cl. The van der Waals surface area contributed by atoms with Crippen molar-refractivity contribution in [3.05, 3.63) is 104 Å². The van der Waals surface area contributed by atoms with E-state index in [0.29, 0.717) is 69.0 Å². The van der Waals surface area contributed by atoms with Gasteiger partial charge in [0.25, 0.3) is 0 Å². The number of piperazine rings is 2. The van der Waals surface area contributed by atoms with Crippen LogP contribution in [0.1, 0.15) is 31.9 Å². The van der Waals surface area contributed by atoms with E-state index in [0.717, 1.165) is 0 Å². The van der Waals surface area contributed by atoms with Crippen LogP contribution in [0.4, 0.5) is 27.5 Å². The number of ether oxygens (including phenoxy) is 1. The highest BCUT2D eigenvalue weighted by molar-refractivity contribution is 7.89. The molecule has 2 saturated heterocycles. The molecule has 62 heavy (non-hydrogen) atoms. The van der Waals surface area contributed by atoms with Crippen molar-refractivity contribution in [2.24, 2.45) is 0 Å². The lowest BCUT2D eigenvalue weighted by Gasteiger charge is -2.35. The molecular weight excluding hydrogens is 942 g/mol. The first kappa shape index (κ1) is 50.6. The summed E-state index contributed by atoms with van der Waals surface area (Å²) in [7, 11) is -4.32. The number of nitrogens with zero attached hydrogens (tertiary/aromatic N) is 7. The summed E-state index contributed by atoms with van der Waals surface area (Å²) < 4.78 is 62.0. The van der Waals surface area contributed by atoms with E-state index in [-0.39, 0.29) is 59.5 Å². The normalized spacial score (nSPS) is 14.9. The Balaban J connectivity index is 0.000000275. The number of hydrogen-bond donors (Lipinski definition) is 1. The largest absolute Gasteiger partial charge is 0.444 e. The van der Waals surface area contributed by atoms with Crippen LogP contribution in [0.5, 0.6) is 0 Å². The smallest absolute Gasteiger partial charge is 0.410 e. The molecule has 0 saturated carbocycles. The van der Waals surface area contributed by atoms with Gasteiger partial charge in [-0.1, -0.05) is 46.4 Å². The van der Waals surface area contributed by atoms with Crippen molar-refractivity contribution in [1.29, 1.82) is 10.5 Å². The number of anilines is 4. The van der Waals surface area contributed by atoms with Crippen molar-refractivity contribution in [3.63, 3.8) is 0 Å². The number of carbonyl (C=O) groups excluding carboxylic acids is 1. The maximum Gasteiger partial charge on any atom is 0.410 e. The van der Waals surface area contributed by atoms with Gasteiger partial charge in [0, 0.05) is 97.9 Å². The quantitative estimate of drug-likeness (QED) is 0.180. The number of halogens is 5. The minimum atomic E-state index is -3.99. The summed E-state index contributed by atoms with van der Waals surface area (Å²) in [5, 5.41) is 23.5. The predicted molar refractivity (Wildman–Crippen MR) is 247 cm³/mol. The van der Waals surface area contributed by atoms with E-state index in [1.807, 2.05) is 12.1 Å². The molecule has 0 aromatic heterocycles. The molecule has 0 spiro atoms. The highest BCUT2D eigenvalue weighted by Gasteiger charge is 2.35. The predicted octanol–water partition coefficient (Wildman–Crippen LogP) is 8.52. The van der Waals surface area contributed by atoms with Gasteiger partial charge >= 0.3 is 6.09 Å². The van der Waals surface area contributed by atoms with E-state index < -0.39 is 31.7 Å². The van der Waals surface area contributed by atoms with E-state index in [4.69, 9.17) is 51.1 Å². The molecule has 0 atom stereocenters. The van der Waals surface area contributed by atoms with Crippen molar-refractivity contribution in [3.8, 4) is 12.1 Å². The average Bonchev–Trinajstić information content (AvgIpc) is 3.22. The monoisotopic (exact) mass is 984 g/mol. The number of nitriles is 2. The van der Waals surface area contributed by atoms with Gasteiger partial charge in [-0.25, -0.2) is 21.6 Å².